The summed E-state index contributed by atoms with van der Waals surface area (Å²) >= 11 is 6.55. The smallest absolute Gasteiger partial charge is 0.320 e. The average molecular weight is 369 g/mol. The van der Waals surface area contributed by atoms with Gasteiger partial charge < -0.3 is 5.11 Å². The highest BCUT2D eigenvalue weighted by Gasteiger charge is 2.47. The van der Waals surface area contributed by atoms with Crippen molar-refractivity contribution in [3.63, 3.8) is 0 Å². The van der Waals surface area contributed by atoms with Crippen LogP contribution < -0.4 is 5.32 Å². The topological polar surface area (TPSA) is 52.6 Å². The first-order chi connectivity index (χ1) is 12.1. The molecule has 2 aliphatic carbocycles. The van der Waals surface area contributed by atoms with Crippen LogP contribution in [0.4, 0.5) is 0 Å². The molecule has 2 aliphatic heterocycles. The molecule has 2 heterocycles. The van der Waals surface area contributed by atoms with Gasteiger partial charge >= 0.3 is 5.97 Å². The quantitative estimate of drug-likeness (QED) is 0.743. The lowest BCUT2D eigenvalue weighted by Gasteiger charge is -2.52. The molecule has 4 rings (SSSR count). The third-order valence-electron chi connectivity index (χ3n) is 7.52. The summed E-state index contributed by atoms with van der Waals surface area (Å²) < 4.78 is 0. The van der Waals surface area contributed by atoms with E-state index in [0.29, 0.717) is 17.3 Å². The van der Waals surface area contributed by atoms with Crippen molar-refractivity contribution in [2.75, 3.05) is 6.54 Å². The van der Waals surface area contributed by atoms with Gasteiger partial charge in [0.25, 0.3) is 0 Å². The van der Waals surface area contributed by atoms with Gasteiger partial charge in [-0.2, -0.15) is 0 Å². The largest absolute Gasteiger partial charge is 0.480 e. The molecule has 4 nitrogen and oxygen atoms in total. The van der Waals surface area contributed by atoms with E-state index in [-0.39, 0.29) is 12.2 Å². The van der Waals surface area contributed by atoms with Crippen molar-refractivity contribution in [2.24, 2.45) is 17.8 Å². The van der Waals surface area contributed by atoms with E-state index in [1.54, 1.807) is 0 Å². The number of carboxylic acid groups (broad SMARTS) is 1. The van der Waals surface area contributed by atoms with Crippen LogP contribution in [0.3, 0.4) is 0 Å². The lowest BCUT2D eigenvalue weighted by atomic mass is 9.64. The monoisotopic (exact) mass is 368 g/mol. The summed E-state index contributed by atoms with van der Waals surface area (Å²) in [6.45, 7) is 0.932. The van der Waals surface area contributed by atoms with Crippen molar-refractivity contribution < 1.29 is 9.90 Å². The molecule has 0 bridgehead atoms. The van der Waals surface area contributed by atoms with Crippen LogP contribution in [-0.2, 0) is 4.79 Å². The lowest BCUT2D eigenvalue weighted by molar-refractivity contribution is -0.144. The first-order valence-corrected chi connectivity index (χ1v) is 11.0. The van der Waals surface area contributed by atoms with Crippen molar-refractivity contribution in [3.05, 3.63) is 0 Å². The highest BCUT2D eigenvalue weighted by Crippen LogP contribution is 2.46. The fraction of sp³-hybridized carbons (Fsp3) is 0.950. The molecule has 0 aromatic rings. The molecule has 6 atom stereocenters. The Morgan fingerprint density at radius 2 is 1.76 bits per heavy atom. The molecule has 2 saturated heterocycles. The fourth-order valence-corrected chi connectivity index (χ4v) is 6.67. The second-order valence-corrected chi connectivity index (χ2v) is 9.51. The zero-order valence-corrected chi connectivity index (χ0v) is 16.0. The van der Waals surface area contributed by atoms with Gasteiger partial charge in [-0.05, 0) is 56.3 Å². The Bertz CT molecular complexity index is 482. The predicted molar refractivity (Wildman–Crippen MR) is 99.7 cm³/mol. The van der Waals surface area contributed by atoms with Gasteiger partial charge in [0, 0.05) is 18.0 Å². The normalized spacial score (nSPS) is 43.7. The number of nitrogens with zero attached hydrogens (tertiary/aromatic N) is 1. The summed E-state index contributed by atoms with van der Waals surface area (Å²) in [6.07, 6.45) is 13.5. The van der Waals surface area contributed by atoms with E-state index >= 15 is 0 Å². The first kappa shape index (κ1) is 18.1. The van der Waals surface area contributed by atoms with Gasteiger partial charge in [0.15, 0.2) is 0 Å². The van der Waals surface area contributed by atoms with Crippen LogP contribution in [0.15, 0.2) is 0 Å². The number of carbonyl (C=O) groups is 1. The number of carboxylic acids is 1. The SMILES string of the molecule is O=C(O)C1CCCN1C1CC(C2CCCCC2)C2CC(Cl)CCC2N1. The molecule has 4 fully saturated rings. The molecule has 0 amide bonds. The van der Waals surface area contributed by atoms with Gasteiger partial charge in [-0.15, -0.1) is 11.6 Å². The van der Waals surface area contributed by atoms with Gasteiger partial charge in [0.2, 0.25) is 0 Å². The van der Waals surface area contributed by atoms with Crippen LogP contribution in [0.5, 0.6) is 0 Å². The van der Waals surface area contributed by atoms with Crippen molar-refractivity contribution in [3.8, 4) is 0 Å². The van der Waals surface area contributed by atoms with Crippen LogP contribution in [0.25, 0.3) is 0 Å². The number of halogens is 1. The van der Waals surface area contributed by atoms with E-state index in [2.05, 4.69) is 10.2 Å². The van der Waals surface area contributed by atoms with Crippen LogP contribution in [-0.4, -0.2) is 46.1 Å². The number of rotatable bonds is 3. The Morgan fingerprint density at radius 1 is 0.960 bits per heavy atom. The Morgan fingerprint density at radius 3 is 2.52 bits per heavy atom. The summed E-state index contributed by atoms with van der Waals surface area (Å²) in [5.41, 5.74) is 0. The van der Waals surface area contributed by atoms with Crippen LogP contribution in [0.2, 0.25) is 0 Å². The van der Waals surface area contributed by atoms with E-state index in [1.807, 2.05) is 0 Å². The highest BCUT2D eigenvalue weighted by molar-refractivity contribution is 6.20. The molecular weight excluding hydrogens is 336 g/mol. The van der Waals surface area contributed by atoms with Crippen LogP contribution >= 0.6 is 11.6 Å². The maximum Gasteiger partial charge on any atom is 0.320 e. The maximum absolute atomic E-state index is 11.7. The van der Waals surface area contributed by atoms with E-state index < -0.39 is 5.97 Å². The van der Waals surface area contributed by atoms with E-state index in [4.69, 9.17) is 11.6 Å². The summed E-state index contributed by atoms with van der Waals surface area (Å²) in [7, 11) is 0. The minimum atomic E-state index is -0.639. The number of hydrogen-bond donors (Lipinski definition) is 2. The molecule has 25 heavy (non-hydrogen) atoms. The van der Waals surface area contributed by atoms with Gasteiger partial charge in [-0.1, -0.05) is 32.1 Å². The number of fused-ring (bicyclic) bond motifs is 1. The second-order valence-electron chi connectivity index (χ2n) is 8.89. The van der Waals surface area contributed by atoms with Crippen molar-refractivity contribution in [2.45, 2.75) is 94.3 Å². The standard InChI is InChI=1S/C20H33ClN2O2/c21-14-8-9-17-16(11-14)15(13-5-2-1-3-6-13)12-19(22-17)23-10-4-7-18(23)20(24)25/h13-19,22H,1-12H2,(H,24,25). The van der Waals surface area contributed by atoms with Crippen molar-refractivity contribution >= 4 is 17.6 Å². The molecule has 142 valence electrons. The molecular formula is C20H33ClN2O2. The summed E-state index contributed by atoms with van der Waals surface area (Å²) in [5, 5.41) is 13.8. The number of alkyl halides is 1. The second kappa shape index (κ2) is 7.74. The molecule has 4 aliphatic rings. The van der Waals surface area contributed by atoms with Gasteiger partial charge in [0.05, 0.1) is 6.17 Å². The molecule has 5 heteroatoms. The van der Waals surface area contributed by atoms with Crippen LogP contribution in [0, 0.1) is 17.8 Å². The Balaban J connectivity index is 1.53. The number of aliphatic carboxylic acids is 1. The Hall–Kier alpha value is -0.320. The lowest BCUT2D eigenvalue weighted by Crippen LogP contribution is -2.62. The van der Waals surface area contributed by atoms with Gasteiger partial charge in [-0.3, -0.25) is 15.0 Å². The first-order valence-electron chi connectivity index (χ1n) is 10.5. The zero-order chi connectivity index (χ0) is 17.4. The van der Waals surface area contributed by atoms with E-state index in [1.165, 1.54) is 32.1 Å². The summed E-state index contributed by atoms with van der Waals surface area (Å²) in [5.74, 6) is 1.62. The number of likely N-dealkylation sites (tertiary alicyclic amines) is 1. The predicted octanol–water partition coefficient (Wildman–Crippen LogP) is 3.83. The van der Waals surface area contributed by atoms with Gasteiger partial charge in [0.1, 0.15) is 6.04 Å². The third kappa shape index (κ3) is 3.72. The third-order valence-corrected chi connectivity index (χ3v) is 7.92. The molecule has 0 radical (unpaired) electrons. The molecule has 2 saturated carbocycles. The van der Waals surface area contributed by atoms with Crippen molar-refractivity contribution in [1.82, 2.24) is 10.2 Å². The van der Waals surface area contributed by atoms with Gasteiger partial charge in [-0.25, -0.2) is 0 Å². The Labute approximate surface area is 156 Å². The molecule has 0 spiro atoms. The van der Waals surface area contributed by atoms with Crippen LogP contribution in [0.1, 0.15) is 70.6 Å². The highest BCUT2D eigenvalue weighted by atomic mass is 35.5. The van der Waals surface area contributed by atoms with E-state index in [0.717, 1.165) is 56.9 Å². The maximum atomic E-state index is 11.7. The molecule has 6 unspecified atom stereocenters. The summed E-state index contributed by atoms with van der Waals surface area (Å²) in [4.78, 5) is 13.9. The zero-order valence-electron chi connectivity index (χ0n) is 15.2. The number of nitrogens with one attached hydrogen (secondary N) is 1. The Kier molecular flexibility index (Phi) is 5.59. The number of piperidine rings is 1. The summed E-state index contributed by atoms with van der Waals surface area (Å²) in [6, 6.07) is 0.251. The number of hydrogen-bond acceptors (Lipinski definition) is 3. The average Bonchev–Trinajstić information content (AvgIpc) is 3.12. The molecule has 2 N–H and O–H groups in total. The minimum Gasteiger partial charge on any atom is -0.480 e. The minimum absolute atomic E-state index is 0.253. The van der Waals surface area contributed by atoms with Crippen molar-refractivity contribution in [1.29, 1.82) is 0 Å². The molecule has 0 aromatic heterocycles. The van der Waals surface area contributed by atoms with E-state index in [9.17, 15) is 9.90 Å². The molecule has 0 aromatic carbocycles. The fourth-order valence-electron chi connectivity index (χ4n) is 6.34.